The average Bonchev–Trinajstić information content (AvgIpc) is 2.61. The minimum atomic E-state index is 0.172. The van der Waals surface area contributed by atoms with E-state index in [0.29, 0.717) is 19.8 Å². The second-order valence-electron chi connectivity index (χ2n) is 6.00. The first-order valence-electron chi connectivity index (χ1n) is 8.25. The first kappa shape index (κ1) is 15.2. The number of nitrogens with zero attached hydrogens (tertiary/aromatic N) is 3. The van der Waals surface area contributed by atoms with Gasteiger partial charge >= 0.3 is 0 Å². The van der Waals surface area contributed by atoms with Crippen molar-refractivity contribution in [1.82, 2.24) is 15.3 Å². The van der Waals surface area contributed by atoms with Gasteiger partial charge in [-0.3, -0.25) is 4.79 Å². The largest absolute Gasteiger partial charge is 0.378 e. The third kappa shape index (κ3) is 3.94. The van der Waals surface area contributed by atoms with Gasteiger partial charge in [0.05, 0.1) is 25.5 Å². The van der Waals surface area contributed by atoms with Crippen LogP contribution in [0, 0.1) is 5.92 Å². The summed E-state index contributed by atoms with van der Waals surface area (Å²) in [6, 6.07) is 1.87. The highest BCUT2D eigenvalue weighted by Gasteiger charge is 2.21. The van der Waals surface area contributed by atoms with Crippen LogP contribution in [0.4, 0.5) is 5.95 Å². The number of carbonyl (C=O) groups excluding carboxylic acids is 1. The van der Waals surface area contributed by atoms with E-state index in [1.54, 1.807) is 6.20 Å². The van der Waals surface area contributed by atoms with Gasteiger partial charge in [-0.2, -0.15) is 0 Å². The second kappa shape index (κ2) is 7.54. The predicted molar refractivity (Wildman–Crippen MR) is 83.5 cm³/mol. The molecule has 22 heavy (non-hydrogen) atoms. The molecule has 2 heterocycles. The standard InChI is InChI=1S/C16H24N4O2/c21-15(13-4-2-1-3-5-13)18-12-14-6-7-17-16(19-14)20-8-10-22-11-9-20/h6-7,13H,1-5,8-12H2,(H,18,21). The molecule has 1 aliphatic carbocycles. The van der Waals surface area contributed by atoms with Crippen molar-refractivity contribution in [3.8, 4) is 0 Å². The summed E-state index contributed by atoms with van der Waals surface area (Å²) >= 11 is 0. The molecule has 2 aliphatic rings. The number of carbonyl (C=O) groups is 1. The summed E-state index contributed by atoms with van der Waals surface area (Å²) in [5.74, 6) is 1.09. The quantitative estimate of drug-likeness (QED) is 0.913. The van der Waals surface area contributed by atoms with Crippen LogP contribution in [0.25, 0.3) is 0 Å². The van der Waals surface area contributed by atoms with Gasteiger partial charge in [0.2, 0.25) is 11.9 Å². The summed E-state index contributed by atoms with van der Waals surface area (Å²) in [6.45, 7) is 3.54. The van der Waals surface area contributed by atoms with Gasteiger partial charge in [0.1, 0.15) is 0 Å². The lowest BCUT2D eigenvalue weighted by Gasteiger charge is -2.26. The summed E-state index contributed by atoms with van der Waals surface area (Å²) < 4.78 is 5.34. The molecule has 0 spiro atoms. The Morgan fingerprint density at radius 1 is 1.27 bits per heavy atom. The lowest BCUT2D eigenvalue weighted by Crippen LogP contribution is -2.37. The molecule has 0 unspecified atom stereocenters. The highest BCUT2D eigenvalue weighted by Crippen LogP contribution is 2.23. The molecule has 120 valence electrons. The van der Waals surface area contributed by atoms with Gasteiger partial charge in [-0.05, 0) is 18.9 Å². The summed E-state index contributed by atoms with van der Waals surface area (Å²) in [7, 11) is 0. The van der Waals surface area contributed by atoms with Gasteiger partial charge in [0.15, 0.2) is 0 Å². The molecule has 0 radical (unpaired) electrons. The average molecular weight is 304 g/mol. The molecule has 6 nitrogen and oxygen atoms in total. The lowest BCUT2D eigenvalue weighted by molar-refractivity contribution is -0.126. The Kier molecular flexibility index (Phi) is 5.21. The van der Waals surface area contributed by atoms with E-state index in [9.17, 15) is 4.79 Å². The van der Waals surface area contributed by atoms with Crippen molar-refractivity contribution in [2.75, 3.05) is 31.2 Å². The number of amides is 1. The fourth-order valence-corrected chi connectivity index (χ4v) is 3.09. The summed E-state index contributed by atoms with van der Waals surface area (Å²) in [6.07, 6.45) is 7.42. The Labute approximate surface area is 131 Å². The Morgan fingerprint density at radius 2 is 2.05 bits per heavy atom. The smallest absolute Gasteiger partial charge is 0.225 e. The lowest BCUT2D eigenvalue weighted by atomic mass is 9.89. The maximum atomic E-state index is 12.2. The molecule has 2 fully saturated rings. The third-order valence-electron chi connectivity index (χ3n) is 4.41. The monoisotopic (exact) mass is 304 g/mol. The van der Waals surface area contributed by atoms with Crippen molar-refractivity contribution in [3.63, 3.8) is 0 Å². The van der Waals surface area contributed by atoms with Crippen LogP contribution >= 0.6 is 0 Å². The third-order valence-corrected chi connectivity index (χ3v) is 4.41. The molecular weight excluding hydrogens is 280 g/mol. The van der Waals surface area contributed by atoms with Crippen molar-refractivity contribution in [1.29, 1.82) is 0 Å². The van der Waals surface area contributed by atoms with Crippen molar-refractivity contribution >= 4 is 11.9 Å². The Hall–Kier alpha value is -1.69. The maximum absolute atomic E-state index is 12.2. The van der Waals surface area contributed by atoms with Crippen LogP contribution in [-0.4, -0.2) is 42.2 Å². The molecule has 1 aromatic rings. The van der Waals surface area contributed by atoms with E-state index in [-0.39, 0.29) is 11.8 Å². The molecule has 6 heteroatoms. The Balaban J connectivity index is 1.54. The minimum Gasteiger partial charge on any atom is -0.378 e. The van der Waals surface area contributed by atoms with Crippen LogP contribution in [0.15, 0.2) is 12.3 Å². The van der Waals surface area contributed by atoms with Gasteiger partial charge in [0.25, 0.3) is 0 Å². The molecular formula is C16H24N4O2. The zero-order valence-electron chi connectivity index (χ0n) is 13.0. The molecule has 0 bridgehead atoms. The number of aromatic nitrogens is 2. The maximum Gasteiger partial charge on any atom is 0.225 e. The molecule has 0 atom stereocenters. The molecule has 1 amide bonds. The number of hydrogen-bond donors (Lipinski definition) is 1. The van der Waals surface area contributed by atoms with E-state index >= 15 is 0 Å². The molecule has 1 saturated heterocycles. The number of rotatable bonds is 4. The van der Waals surface area contributed by atoms with Crippen LogP contribution in [0.2, 0.25) is 0 Å². The first-order valence-corrected chi connectivity index (χ1v) is 8.25. The highest BCUT2D eigenvalue weighted by atomic mass is 16.5. The molecule has 1 saturated carbocycles. The van der Waals surface area contributed by atoms with Gasteiger partial charge in [-0.15, -0.1) is 0 Å². The Bertz CT molecular complexity index is 497. The number of hydrogen-bond acceptors (Lipinski definition) is 5. The van der Waals surface area contributed by atoms with Gasteiger partial charge < -0.3 is 15.0 Å². The van der Waals surface area contributed by atoms with E-state index in [2.05, 4.69) is 20.2 Å². The fraction of sp³-hybridized carbons (Fsp3) is 0.688. The van der Waals surface area contributed by atoms with E-state index in [1.807, 2.05) is 6.07 Å². The summed E-state index contributed by atoms with van der Waals surface area (Å²) in [5.41, 5.74) is 0.862. The highest BCUT2D eigenvalue weighted by molar-refractivity contribution is 5.78. The molecule has 1 aromatic heterocycles. The van der Waals surface area contributed by atoms with Gasteiger partial charge in [0, 0.05) is 25.2 Å². The summed E-state index contributed by atoms with van der Waals surface area (Å²) in [4.78, 5) is 23.2. The van der Waals surface area contributed by atoms with Gasteiger partial charge in [-0.1, -0.05) is 19.3 Å². The van der Waals surface area contributed by atoms with Crippen LogP contribution < -0.4 is 10.2 Å². The van der Waals surface area contributed by atoms with E-state index in [1.165, 1.54) is 19.3 Å². The van der Waals surface area contributed by atoms with Crippen molar-refractivity contribution < 1.29 is 9.53 Å². The van der Waals surface area contributed by atoms with Crippen LogP contribution in [0.3, 0.4) is 0 Å². The van der Waals surface area contributed by atoms with Gasteiger partial charge in [-0.25, -0.2) is 9.97 Å². The topological polar surface area (TPSA) is 67.4 Å². The number of morpholine rings is 1. The number of ether oxygens (including phenoxy) is 1. The number of anilines is 1. The summed E-state index contributed by atoms with van der Waals surface area (Å²) in [5, 5.41) is 3.03. The van der Waals surface area contributed by atoms with Crippen molar-refractivity contribution in [2.24, 2.45) is 5.92 Å². The molecule has 0 aromatic carbocycles. The normalized spacial score (nSPS) is 19.9. The number of nitrogens with one attached hydrogen (secondary N) is 1. The van der Waals surface area contributed by atoms with Crippen LogP contribution in [-0.2, 0) is 16.1 Å². The van der Waals surface area contributed by atoms with Crippen molar-refractivity contribution in [2.45, 2.75) is 38.6 Å². The molecule has 1 aliphatic heterocycles. The Morgan fingerprint density at radius 3 is 2.82 bits per heavy atom. The zero-order valence-corrected chi connectivity index (χ0v) is 13.0. The SMILES string of the molecule is O=C(NCc1ccnc(N2CCOCC2)n1)C1CCCCC1. The second-order valence-corrected chi connectivity index (χ2v) is 6.00. The minimum absolute atomic E-state index is 0.172. The van der Waals surface area contributed by atoms with Crippen molar-refractivity contribution in [3.05, 3.63) is 18.0 Å². The van der Waals surface area contributed by atoms with E-state index < -0.39 is 0 Å². The molecule has 3 rings (SSSR count). The van der Waals surface area contributed by atoms with Crippen LogP contribution in [0.1, 0.15) is 37.8 Å². The van der Waals surface area contributed by atoms with E-state index in [0.717, 1.165) is 37.6 Å². The predicted octanol–water partition coefficient (Wildman–Crippen LogP) is 1.51. The zero-order chi connectivity index (χ0) is 15.2. The fourth-order valence-electron chi connectivity index (χ4n) is 3.09. The molecule has 1 N–H and O–H groups in total. The van der Waals surface area contributed by atoms with E-state index in [4.69, 9.17) is 4.74 Å². The first-order chi connectivity index (χ1) is 10.8. The van der Waals surface area contributed by atoms with Crippen LogP contribution in [0.5, 0.6) is 0 Å².